The summed E-state index contributed by atoms with van der Waals surface area (Å²) in [6.45, 7) is 7.09. The molecule has 1 aromatic rings. The van der Waals surface area contributed by atoms with Gasteiger partial charge in [-0.25, -0.2) is 0 Å². The maximum absolute atomic E-state index is 6.06. The third-order valence-corrected chi connectivity index (χ3v) is 4.53. The van der Waals surface area contributed by atoms with Gasteiger partial charge in [0, 0.05) is 6.61 Å². The second-order valence-electron chi connectivity index (χ2n) is 6.07. The minimum Gasteiger partial charge on any atom is -0.493 e. The van der Waals surface area contributed by atoms with Crippen molar-refractivity contribution in [2.24, 2.45) is 0 Å². The Morgan fingerprint density at radius 3 is 2.95 bits per heavy atom. The fourth-order valence-corrected chi connectivity index (χ4v) is 3.48. The van der Waals surface area contributed by atoms with E-state index in [1.54, 1.807) is 0 Å². The normalized spacial score (nSPS) is 26.9. The van der Waals surface area contributed by atoms with Crippen molar-refractivity contribution < 1.29 is 9.47 Å². The molecule has 2 heterocycles. The van der Waals surface area contributed by atoms with Gasteiger partial charge in [-0.1, -0.05) is 19.1 Å². The lowest BCUT2D eigenvalue weighted by Crippen LogP contribution is -2.41. The number of aryl methyl sites for hydroxylation is 1. The first kappa shape index (κ1) is 13.9. The van der Waals surface area contributed by atoms with Crippen molar-refractivity contribution in [1.29, 1.82) is 0 Å². The first-order valence-corrected chi connectivity index (χ1v) is 7.86. The summed E-state index contributed by atoms with van der Waals surface area (Å²) in [5.74, 6) is 1.06. The summed E-state index contributed by atoms with van der Waals surface area (Å²) in [4.78, 5) is 0. The van der Waals surface area contributed by atoms with E-state index >= 15 is 0 Å². The fourth-order valence-electron chi connectivity index (χ4n) is 3.48. The molecule has 0 bridgehead atoms. The topological polar surface area (TPSA) is 30.5 Å². The highest BCUT2D eigenvalue weighted by molar-refractivity contribution is 5.40. The van der Waals surface area contributed by atoms with Crippen molar-refractivity contribution in [3.8, 4) is 5.75 Å². The Bertz CT molecular complexity index is 466. The Hall–Kier alpha value is -1.06. The molecule has 110 valence electrons. The van der Waals surface area contributed by atoms with Crippen LogP contribution >= 0.6 is 0 Å². The lowest BCUT2D eigenvalue weighted by atomic mass is 9.86. The highest BCUT2D eigenvalue weighted by Gasteiger charge is 2.39. The summed E-state index contributed by atoms with van der Waals surface area (Å²) in [6, 6.07) is 6.91. The van der Waals surface area contributed by atoms with Gasteiger partial charge in [-0.2, -0.15) is 0 Å². The molecule has 1 aromatic carbocycles. The molecule has 3 heteroatoms. The van der Waals surface area contributed by atoms with Crippen molar-refractivity contribution in [2.45, 2.75) is 51.2 Å². The molecule has 0 saturated carbocycles. The number of ether oxygens (including phenoxy) is 2. The highest BCUT2D eigenvalue weighted by Crippen LogP contribution is 2.39. The predicted octanol–water partition coefficient (Wildman–Crippen LogP) is 3.23. The van der Waals surface area contributed by atoms with Crippen LogP contribution in [0.3, 0.4) is 0 Å². The molecular formula is C17H25NO2. The van der Waals surface area contributed by atoms with E-state index in [1.807, 2.05) is 0 Å². The molecule has 3 rings (SSSR count). The SMILES string of the molecule is CCNC(c1ccc2c(c1)CCCO2)C1(C)CCCO1. The third kappa shape index (κ3) is 2.57. The molecule has 1 N–H and O–H groups in total. The smallest absolute Gasteiger partial charge is 0.122 e. The van der Waals surface area contributed by atoms with E-state index in [2.05, 4.69) is 37.4 Å². The second-order valence-corrected chi connectivity index (χ2v) is 6.07. The third-order valence-electron chi connectivity index (χ3n) is 4.53. The van der Waals surface area contributed by atoms with Gasteiger partial charge in [-0.3, -0.25) is 0 Å². The van der Waals surface area contributed by atoms with Gasteiger partial charge in [0.05, 0.1) is 18.2 Å². The van der Waals surface area contributed by atoms with Gasteiger partial charge in [-0.15, -0.1) is 0 Å². The Kier molecular flexibility index (Phi) is 3.99. The standard InChI is InChI=1S/C17H25NO2/c1-3-18-16(17(2)9-5-11-20-17)14-7-8-15-13(12-14)6-4-10-19-15/h7-8,12,16,18H,3-6,9-11H2,1-2H3. The van der Waals surface area contributed by atoms with Crippen LogP contribution < -0.4 is 10.1 Å². The molecule has 0 amide bonds. The van der Waals surface area contributed by atoms with Crippen molar-refractivity contribution in [1.82, 2.24) is 5.32 Å². The van der Waals surface area contributed by atoms with Gasteiger partial charge in [0.2, 0.25) is 0 Å². The molecule has 2 atom stereocenters. The van der Waals surface area contributed by atoms with Crippen LogP contribution in [0.4, 0.5) is 0 Å². The zero-order valence-corrected chi connectivity index (χ0v) is 12.6. The van der Waals surface area contributed by atoms with Crippen LogP contribution in [0.5, 0.6) is 5.75 Å². The monoisotopic (exact) mass is 275 g/mol. The fraction of sp³-hybridized carbons (Fsp3) is 0.647. The molecule has 1 saturated heterocycles. The quantitative estimate of drug-likeness (QED) is 0.915. The number of nitrogens with one attached hydrogen (secondary N) is 1. The predicted molar refractivity (Wildman–Crippen MR) is 80.3 cm³/mol. The minimum atomic E-state index is -0.0836. The van der Waals surface area contributed by atoms with Crippen LogP contribution in [0.15, 0.2) is 18.2 Å². The van der Waals surface area contributed by atoms with E-state index in [9.17, 15) is 0 Å². The minimum absolute atomic E-state index is 0.0836. The van der Waals surface area contributed by atoms with Crippen LogP contribution in [0.1, 0.15) is 50.3 Å². The maximum atomic E-state index is 6.06. The van der Waals surface area contributed by atoms with Gasteiger partial charge in [-0.05, 0) is 56.3 Å². The van der Waals surface area contributed by atoms with Gasteiger partial charge >= 0.3 is 0 Å². The van der Waals surface area contributed by atoms with E-state index in [0.29, 0.717) is 0 Å². The number of hydrogen-bond acceptors (Lipinski definition) is 3. The van der Waals surface area contributed by atoms with Crippen molar-refractivity contribution in [3.05, 3.63) is 29.3 Å². The van der Waals surface area contributed by atoms with E-state index in [-0.39, 0.29) is 11.6 Å². The Labute approximate surface area is 121 Å². The Balaban J connectivity index is 1.91. The molecule has 2 aliphatic rings. The van der Waals surface area contributed by atoms with E-state index in [1.165, 1.54) is 11.1 Å². The Morgan fingerprint density at radius 1 is 1.30 bits per heavy atom. The average Bonchev–Trinajstić information content (AvgIpc) is 2.92. The van der Waals surface area contributed by atoms with E-state index in [4.69, 9.17) is 9.47 Å². The van der Waals surface area contributed by atoms with Crippen molar-refractivity contribution >= 4 is 0 Å². The molecule has 0 spiro atoms. The molecule has 2 aliphatic heterocycles. The van der Waals surface area contributed by atoms with Gasteiger partial charge in [0.1, 0.15) is 5.75 Å². The molecule has 2 unspecified atom stereocenters. The largest absolute Gasteiger partial charge is 0.493 e. The molecule has 3 nitrogen and oxygen atoms in total. The highest BCUT2D eigenvalue weighted by atomic mass is 16.5. The first-order valence-electron chi connectivity index (χ1n) is 7.86. The molecular weight excluding hydrogens is 250 g/mol. The van der Waals surface area contributed by atoms with Crippen LogP contribution in [0, 0.1) is 0 Å². The summed E-state index contributed by atoms with van der Waals surface area (Å²) in [5, 5.41) is 3.62. The van der Waals surface area contributed by atoms with Crippen molar-refractivity contribution in [2.75, 3.05) is 19.8 Å². The summed E-state index contributed by atoms with van der Waals surface area (Å²) >= 11 is 0. The lowest BCUT2D eigenvalue weighted by Gasteiger charge is -2.35. The molecule has 0 aromatic heterocycles. The van der Waals surface area contributed by atoms with Crippen LogP contribution in [0.2, 0.25) is 0 Å². The number of benzene rings is 1. The first-order chi connectivity index (χ1) is 9.73. The molecule has 1 fully saturated rings. The maximum Gasteiger partial charge on any atom is 0.122 e. The number of hydrogen-bond donors (Lipinski definition) is 1. The zero-order chi connectivity index (χ0) is 14.0. The summed E-state index contributed by atoms with van der Waals surface area (Å²) < 4.78 is 11.8. The van der Waals surface area contributed by atoms with Gasteiger partial charge in [0.15, 0.2) is 0 Å². The van der Waals surface area contributed by atoms with Crippen LogP contribution in [-0.2, 0) is 11.2 Å². The van der Waals surface area contributed by atoms with Crippen LogP contribution in [-0.4, -0.2) is 25.4 Å². The van der Waals surface area contributed by atoms with Gasteiger partial charge in [0.25, 0.3) is 0 Å². The Morgan fingerprint density at radius 2 is 2.20 bits per heavy atom. The second kappa shape index (κ2) is 5.74. The number of likely N-dealkylation sites (N-methyl/N-ethyl adjacent to an activating group) is 1. The summed E-state index contributed by atoms with van der Waals surface area (Å²) in [6.07, 6.45) is 4.53. The van der Waals surface area contributed by atoms with E-state index in [0.717, 1.165) is 51.2 Å². The number of rotatable bonds is 4. The summed E-state index contributed by atoms with van der Waals surface area (Å²) in [7, 11) is 0. The molecule has 0 aliphatic carbocycles. The van der Waals surface area contributed by atoms with Gasteiger partial charge < -0.3 is 14.8 Å². The zero-order valence-electron chi connectivity index (χ0n) is 12.6. The molecule has 0 radical (unpaired) electrons. The molecule has 20 heavy (non-hydrogen) atoms. The van der Waals surface area contributed by atoms with Crippen molar-refractivity contribution in [3.63, 3.8) is 0 Å². The van der Waals surface area contributed by atoms with Crippen LogP contribution in [0.25, 0.3) is 0 Å². The van der Waals surface area contributed by atoms with E-state index < -0.39 is 0 Å². The summed E-state index contributed by atoms with van der Waals surface area (Å²) in [5.41, 5.74) is 2.60. The lowest BCUT2D eigenvalue weighted by molar-refractivity contribution is -0.0121. The average molecular weight is 275 g/mol. The number of fused-ring (bicyclic) bond motifs is 1.